The van der Waals surface area contributed by atoms with E-state index in [1.165, 1.54) is 12.1 Å². The summed E-state index contributed by atoms with van der Waals surface area (Å²) in [5, 5.41) is 0. The quantitative estimate of drug-likeness (QED) is 0.887. The lowest BCUT2D eigenvalue weighted by molar-refractivity contribution is -0.137. The fraction of sp³-hybridized carbons (Fsp3) is 0.571. The van der Waals surface area contributed by atoms with E-state index >= 15 is 0 Å². The van der Waals surface area contributed by atoms with Crippen LogP contribution in [0.5, 0.6) is 0 Å². The Morgan fingerprint density at radius 3 is 2.05 bits per heavy atom. The van der Waals surface area contributed by atoms with Crippen molar-refractivity contribution in [2.24, 2.45) is 11.7 Å². The predicted molar refractivity (Wildman–Crippen MR) is 68.6 cm³/mol. The molecule has 0 radical (unpaired) electrons. The van der Waals surface area contributed by atoms with E-state index in [4.69, 9.17) is 10.5 Å². The molecule has 2 unspecified atom stereocenters. The van der Waals surface area contributed by atoms with Crippen molar-refractivity contribution >= 4 is 0 Å². The molecule has 2 atom stereocenters. The number of rotatable bonds is 5. The topological polar surface area (TPSA) is 35.2 Å². The summed E-state index contributed by atoms with van der Waals surface area (Å²) >= 11 is 0. The third-order valence-electron chi connectivity index (χ3n) is 3.14. The van der Waals surface area contributed by atoms with Gasteiger partial charge in [-0.3, -0.25) is 0 Å². The number of hydrogen-bond donors (Lipinski definition) is 1. The first-order valence-corrected chi connectivity index (χ1v) is 6.26. The van der Waals surface area contributed by atoms with Crippen LogP contribution in [0, 0.1) is 5.92 Å². The summed E-state index contributed by atoms with van der Waals surface area (Å²) < 4.78 is 42.8. The molecule has 108 valence electrons. The first-order chi connectivity index (χ1) is 8.71. The fourth-order valence-electron chi connectivity index (χ4n) is 1.46. The lowest BCUT2D eigenvalue weighted by atomic mass is 10.1. The maximum Gasteiger partial charge on any atom is 0.416 e. The summed E-state index contributed by atoms with van der Waals surface area (Å²) in [5.41, 5.74) is 5.87. The van der Waals surface area contributed by atoms with Gasteiger partial charge in [0.2, 0.25) is 0 Å². The van der Waals surface area contributed by atoms with Crippen LogP contribution in [0.15, 0.2) is 24.3 Å². The molecule has 5 heteroatoms. The molecule has 0 aromatic heterocycles. The Labute approximate surface area is 111 Å². The standard InChI is InChI=1S/C14H20F3NO/c1-9(2)10(3)19-8-13(18)11-4-6-12(7-5-11)14(15,16)17/h4-7,9-10,13H,8,18H2,1-3H3. The van der Waals surface area contributed by atoms with Gasteiger partial charge in [0.05, 0.1) is 24.3 Å². The molecule has 0 aliphatic carbocycles. The zero-order valence-electron chi connectivity index (χ0n) is 11.4. The van der Waals surface area contributed by atoms with Crippen molar-refractivity contribution in [1.82, 2.24) is 0 Å². The van der Waals surface area contributed by atoms with Gasteiger partial charge in [-0.15, -0.1) is 0 Å². The van der Waals surface area contributed by atoms with E-state index in [2.05, 4.69) is 0 Å². The van der Waals surface area contributed by atoms with Crippen LogP contribution in [-0.4, -0.2) is 12.7 Å². The minimum absolute atomic E-state index is 0.0699. The maximum atomic E-state index is 12.4. The van der Waals surface area contributed by atoms with Gasteiger partial charge >= 0.3 is 6.18 Å². The third-order valence-corrected chi connectivity index (χ3v) is 3.14. The Kier molecular flexibility index (Phi) is 5.38. The number of alkyl halides is 3. The van der Waals surface area contributed by atoms with Crippen molar-refractivity contribution in [3.63, 3.8) is 0 Å². The van der Waals surface area contributed by atoms with Gasteiger partial charge in [-0.05, 0) is 30.5 Å². The van der Waals surface area contributed by atoms with Gasteiger partial charge in [-0.25, -0.2) is 0 Å². The Balaban J connectivity index is 2.61. The molecule has 2 nitrogen and oxygen atoms in total. The molecule has 0 aliphatic rings. The zero-order chi connectivity index (χ0) is 14.6. The molecule has 2 N–H and O–H groups in total. The van der Waals surface area contributed by atoms with E-state index in [1.54, 1.807) is 0 Å². The Bertz CT molecular complexity index is 387. The molecule has 0 fully saturated rings. The monoisotopic (exact) mass is 275 g/mol. The molecular formula is C14H20F3NO. The van der Waals surface area contributed by atoms with Crippen LogP contribution >= 0.6 is 0 Å². The zero-order valence-corrected chi connectivity index (χ0v) is 11.4. The normalized spacial score (nSPS) is 15.6. The average molecular weight is 275 g/mol. The fourth-order valence-corrected chi connectivity index (χ4v) is 1.46. The second-order valence-corrected chi connectivity index (χ2v) is 5.01. The summed E-state index contributed by atoms with van der Waals surface area (Å²) in [6.45, 7) is 6.32. The molecule has 1 rings (SSSR count). The Morgan fingerprint density at radius 2 is 1.63 bits per heavy atom. The van der Waals surface area contributed by atoms with Crippen molar-refractivity contribution in [3.05, 3.63) is 35.4 Å². The summed E-state index contributed by atoms with van der Waals surface area (Å²) in [4.78, 5) is 0. The number of hydrogen-bond acceptors (Lipinski definition) is 2. The Morgan fingerprint density at radius 1 is 1.11 bits per heavy atom. The van der Waals surface area contributed by atoms with Crippen molar-refractivity contribution in [3.8, 4) is 0 Å². The maximum absolute atomic E-state index is 12.4. The van der Waals surface area contributed by atoms with Gasteiger partial charge in [0.15, 0.2) is 0 Å². The number of nitrogens with two attached hydrogens (primary N) is 1. The molecule has 0 saturated carbocycles. The minimum Gasteiger partial charge on any atom is -0.376 e. The number of halogens is 3. The van der Waals surface area contributed by atoms with Crippen molar-refractivity contribution in [1.29, 1.82) is 0 Å². The van der Waals surface area contributed by atoms with Crippen molar-refractivity contribution < 1.29 is 17.9 Å². The van der Waals surface area contributed by atoms with E-state index in [1.807, 2.05) is 20.8 Å². The molecule has 1 aromatic carbocycles. The lowest BCUT2D eigenvalue weighted by Gasteiger charge is -2.20. The van der Waals surface area contributed by atoms with E-state index in [0.29, 0.717) is 18.1 Å². The lowest BCUT2D eigenvalue weighted by Crippen LogP contribution is -2.23. The highest BCUT2D eigenvalue weighted by molar-refractivity contribution is 5.26. The molecule has 0 spiro atoms. The second kappa shape index (κ2) is 6.39. The predicted octanol–water partition coefficient (Wildman–Crippen LogP) is 3.77. The second-order valence-electron chi connectivity index (χ2n) is 5.01. The van der Waals surface area contributed by atoms with Gasteiger partial charge in [-0.2, -0.15) is 13.2 Å². The van der Waals surface area contributed by atoms with E-state index in [-0.39, 0.29) is 6.10 Å². The van der Waals surface area contributed by atoms with Crippen LogP contribution in [0.2, 0.25) is 0 Å². The van der Waals surface area contributed by atoms with E-state index in [9.17, 15) is 13.2 Å². The van der Waals surface area contributed by atoms with Crippen LogP contribution in [0.1, 0.15) is 37.9 Å². The molecule has 0 saturated heterocycles. The molecule has 1 aromatic rings. The molecule has 0 aliphatic heterocycles. The van der Waals surface area contributed by atoms with Crippen LogP contribution < -0.4 is 5.73 Å². The van der Waals surface area contributed by atoms with Crippen molar-refractivity contribution in [2.45, 2.75) is 39.1 Å². The highest BCUT2D eigenvalue weighted by atomic mass is 19.4. The first kappa shape index (κ1) is 16.0. The summed E-state index contributed by atoms with van der Waals surface area (Å²) in [7, 11) is 0. The van der Waals surface area contributed by atoms with Gasteiger partial charge in [0, 0.05) is 0 Å². The van der Waals surface area contributed by atoms with Gasteiger partial charge in [-0.1, -0.05) is 26.0 Å². The summed E-state index contributed by atoms with van der Waals surface area (Å²) in [6, 6.07) is 4.47. The van der Waals surface area contributed by atoms with Gasteiger partial charge < -0.3 is 10.5 Å². The van der Waals surface area contributed by atoms with Crippen molar-refractivity contribution in [2.75, 3.05) is 6.61 Å². The summed E-state index contributed by atoms with van der Waals surface area (Å²) in [6.07, 6.45) is -4.24. The SMILES string of the molecule is CC(C)C(C)OCC(N)c1ccc(C(F)(F)F)cc1. The third kappa shape index (κ3) is 4.84. The molecule has 0 heterocycles. The molecular weight excluding hydrogens is 255 g/mol. The summed E-state index contributed by atoms with van der Waals surface area (Å²) in [5.74, 6) is 0.375. The molecule has 0 amide bonds. The number of benzene rings is 1. The van der Waals surface area contributed by atoms with Crippen LogP contribution in [0.3, 0.4) is 0 Å². The van der Waals surface area contributed by atoms with E-state index < -0.39 is 17.8 Å². The largest absolute Gasteiger partial charge is 0.416 e. The van der Waals surface area contributed by atoms with Crippen LogP contribution in [0.4, 0.5) is 13.2 Å². The van der Waals surface area contributed by atoms with Crippen LogP contribution in [-0.2, 0) is 10.9 Å². The molecule has 0 bridgehead atoms. The Hall–Kier alpha value is -1.07. The average Bonchev–Trinajstić information content (AvgIpc) is 2.34. The highest BCUT2D eigenvalue weighted by Gasteiger charge is 2.30. The highest BCUT2D eigenvalue weighted by Crippen LogP contribution is 2.29. The smallest absolute Gasteiger partial charge is 0.376 e. The van der Waals surface area contributed by atoms with Gasteiger partial charge in [0.1, 0.15) is 0 Å². The van der Waals surface area contributed by atoms with Crippen LogP contribution in [0.25, 0.3) is 0 Å². The van der Waals surface area contributed by atoms with Gasteiger partial charge in [0.25, 0.3) is 0 Å². The minimum atomic E-state index is -4.31. The number of ether oxygens (including phenoxy) is 1. The molecule has 19 heavy (non-hydrogen) atoms. The first-order valence-electron chi connectivity index (χ1n) is 6.26. The van der Waals surface area contributed by atoms with E-state index in [0.717, 1.165) is 12.1 Å².